The Labute approximate surface area is 314 Å². The number of hydrogen-bond acceptors (Lipinski definition) is 2. The number of aromatic nitrogens is 2. The molecule has 0 atom stereocenters. The quantitative estimate of drug-likeness (QED) is 0.170. The molecule has 264 valence electrons. The van der Waals surface area contributed by atoms with Crippen LogP contribution in [-0.2, 0) is 0 Å². The van der Waals surface area contributed by atoms with E-state index in [1.165, 1.54) is 0 Å². The SMILES string of the molecule is CC(C)c1c(-c2ccccc2)ccc(Cl)c1F.CC(C)c1c(-c2cccnc2)ccc(Cl)c1F.CC(C)c1c(-c2ccncc2)ccc(Cl)c1F. The normalized spacial score (nSPS) is 10.9. The van der Waals surface area contributed by atoms with Gasteiger partial charge >= 0.3 is 0 Å². The number of rotatable bonds is 6. The zero-order valence-corrected chi connectivity index (χ0v) is 31.6. The molecular formula is C43H40Cl3F3N2. The van der Waals surface area contributed by atoms with Gasteiger partial charge in [0.1, 0.15) is 17.5 Å². The van der Waals surface area contributed by atoms with Crippen molar-refractivity contribution in [3.63, 3.8) is 0 Å². The lowest BCUT2D eigenvalue weighted by Crippen LogP contribution is -1.98. The summed E-state index contributed by atoms with van der Waals surface area (Å²) in [5.41, 5.74) is 7.53. The molecular weight excluding hydrogens is 708 g/mol. The van der Waals surface area contributed by atoms with Crippen LogP contribution >= 0.6 is 34.8 Å². The van der Waals surface area contributed by atoms with Crippen molar-refractivity contribution in [2.75, 3.05) is 0 Å². The Hall–Kier alpha value is -4.16. The van der Waals surface area contributed by atoms with Gasteiger partial charge in [0.25, 0.3) is 0 Å². The van der Waals surface area contributed by atoms with Gasteiger partial charge in [0, 0.05) is 30.4 Å². The number of benzene rings is 4. The Morgan fingerprint density at radius 3 is 1.16 bits per heavy atom. The minimum Gasteiger partial charge on any atom is -0.265 e. The van der Waals surface area contributed by atoms with Crippen molar-refractivity contribution in [2.24, 2.45) is 0 Å². The van der Waals surface area contributed by atoms with Gasteiger partial charge in [0.15, 0.2) is 0 Å². The molecule has 0 spiro atoms. The van der Waals surface area contributed by atoms with Gasteiger partial charge in [-0.3, -0.25) is 9.97 Å². The first-order valence-corrected chi connectivity index (χ1v) is 17.8. The Morgan fingerprint density at radius 2 is 0.784 bits per heavy atom. The largest absolute Gasteiger partial charge is 0.265 e. The van der Waals surface area contributed by atoms with E-state index in [0.29, 0.717) is 16.7 Å². The molecule has 0 bridgehead atoms. The second-order valence-corrected chi connectivity index (χ2v) is 14.0. The molecule has 8 heteroatoms. The fraction of sp³-hybridized carbons (Fsp3) is 0.209. The Bertz CT molecular complexity index is 1800. The van der Waals surface area contributed by atoms with Crippen molar-refractivity contribution in [3.05, 3.63) is 165 Å². The van der Waals surface area contributed by atoms with Crippen LogP contribution < -0.4 is 0 Å². The van der Waals surface area contributed by atoms with Crippen molar-refractivity contribution in [1.82, 2.24) is 9.97 Å². The van der Waals surface area contributed by atoms with Crippen molar-refractivity contribution in [1.29, 1.82) is 0 Å². The molecule has 0 saturated heterocycles. The zero-order valence-electron chi connectivity index (χ0n) is 29.4. The molecule has 0 amide bonds. The maximum absolute atomic E-state index is 14.1. The lowest BCUT2D eigenvalue weighted by molar-refractivity contribution is 0.599. The van der Waals surface area contributed by atoms with E-state index in [2.05, 4.69) is 9.97 Å². The highest BCUT2D eigenvalue weighted by Crippen LogP contribution is 2.36. The maximum Gasteiger partial charge on any atom is 0.145 e. The van der Waals surface area contributed by atoms with Crippen LogP contribution in [0.5, 0.6) is 0 Å². The van der Waals surface area contributed by atoms with E-state index in [1.807, 2.05) is 114 Å². The summed E-state index contributed by atoms with van der Waals surface area (Å²) in [5, 5.41) is 0.529. The Balaban J connectivity index is 0.000000172. The summed E-state index contributed by atoms with van der Waals surface area (Å²) in [6, 6.07) is 27.7. The summed E-state index contributed by atoms with van der Waals surface area (Å²) < 4.78 is 42.2. The van der Waals surface area contributed by atoms with Gasteiger partial charge in [-0.25, -0.2) is 13.2 Å². The molecule has 4 aromatic carbocycles. The van der Waals surface area contributed by atoms with E-state index < -0.39 is 0 Å². The minimum absolute atomic E-state index is 0.0731. The molecule has 0 fully saturated rings. The topological polar surface area (TPSA) is 25.8 Å². The van der Waals surface area contributed by atoms with Gasteiger partial charge < -0.3 is 0 Å². The molecule has 2 aromatic heterocycles. The van der Waals surface area contributed by atoms with Gasteiger partial charge in [-0.05, 0) is 98.7 Å². The molecule has 0 aliphatic heterocycles. The molecule has 0 radical (unpaired) electrons. The molecule has 0 aliphatic rings. The van der Waals surface area contributed by atoms with Gasteiger partial charge in [0.2, 0.25) is 0 Å². The van der Waals surface area contributed by atoms with E-state index >= 15 is 0 Å². The molecule has 6 rings (SSSR count). The van der Waals surface area contributed by atoms with Crippen molar-refractivity contribution < 1.29 is 13.2 Å². The summed E-state index contributed by atoms with van der Waals surface area (Å²) in [6.45, 7) is 11.8. The third-order valence-corrected chi connectivity index (χ3v) is 9.05. The first-order chi connectivity index (χ1) is 24.3. The van der Waals surface area contributed by atoms with Gasteiger partial charge in [0.05, 0.1) is 15.1 Å². The molecule has 0 aliphatic carbocycles. The second kappa shape index (κ2) is 18.4. The van der Waals surface area contributed by atoms with Crippen molar-refractivity contribution in [2.45, 2.75) is 59.3 Å². The second-order valence-electron chi connectivity index (χ2n) is 12.8. The van der Waals surface area contributed by atoms with E-state index in [0.717, 1.165) is 33.4 Å². The maximum atomic E-state index is 14.1. The number of hydrogen-bond donors (Lipinski definition) is 0. The highest BCUT2D eigenvalue weighted by atomic mass is 35.5. The predicted octanol–water partition coefficient (Wildman–Crippen LogP) is 14.6. The lowest BCUT2D eigenvalue weighted by atomic mass is 9.92. The fourth-order valence-electron chi connectivity index (χ4n) is 5.82. The average molecular weight is 748 g/mol. The highest BCUT2D eigenvalue weighted by molar-refractivity contribution is 6.31. The van der Waals surface area contributed by atoms with Gasteiger partial charge in [-0.1, -0.05) is 131 Å². The summed E-state index contributed by atoms with van der Waals surface area (Å²) in [7, 11) is 0. The zero-order chi connectivity index (χ0) is 37.2. The average Bonchev–Trinajstić information content (AvgIpc) is 3.12. The highest BCUT2D eigenvalue weighted by Gasteiger charge is 2.18. The van der Waals surface area contributed by atoms with Crippen LogP contribution in [0.25, 0.3) is 33.4 Å². The molecule has 2 nitrogen and oxygen atoms in total. The molecule has 0 N–H and O–H groups in total. The monoisotopic (exact) mass is 746 g/mol. The third kappa shape index (κ3) is 9.79. The van der Waals surface area contributed by atoms with Gasteiger partial charge in [-0.2, -0.15) is 0 Å². The summed E-state index contributed by atoms with van der Waals surface area (Å²) in [5.74, 6) is -0.702. The van der Waals surface area contributed by atoms with Crippen LogP contribution in [0.3, 0.4) is 0 Å². The van der Waals surface area contributed by atoms with E-state index in [1.54, 1.807) is 43.0 Å². The predicted molar refractivity (Wildman–Crippen MR) is 208 cm³/mol. The molecule has 0 unspecified atom stereocenters. The van der Waals surface area contributed by atoms with Gasteiger partial charge in [-0.15, -0.1) is 0 Å². The minimum atomic E-state index is -0.331. The van der Waals surface area contributed by atoms with Crippen LogP contribution in [0, 0.1) is 17.5 Å². The summed E-state index contributed by atoms with van der Waals surface area (Å²) in [4.78, 5) is 8.02. The standard InChI is InChI=1S/C15H14ClF.2C14H13ClFN/c1-10(2)14-12(8-9-13(16)15(14)17)11-6-4-3-5-7-11;1-9(2)13-11(3-4-12(15)14(13)16)10-5-7-17-8-6-10;1-9(2)13-11(5-6-12(15)14(13)16)10-4-3-7-17-8-10/h3-10H,1-2H3;2*3-9H,1-2H3. The van der Waals surface area contributed by atoms with E-state index in [-0.39, 0.29) is 50.3 Å². The van der Waals surface area contributed by atoms with E-state index in [4.69, 9.17) is 34.8 Å². The molecule has 51 heavy (non-hydrogen) atoms. The molecule has 2 heterocycles. The van der Waals surface area contributed by atoms with Crippen LogP contribution in [0.4, 0.5) is 13.2 Å². The van der Waals surface area contributed by atoms with Crippen LogP contribution in [0.15, 0.2) is 116 Å². The Morgan fingerprint density at radius 1 is 0.412 bits per heavy atom. The van der Waals surface area contributed by atoms with Crippen LogP contribution in [0.2, 0.25) is 15.1 Å². The van der Waals surface area contributed by atoms with Crippen molar-refractivity contribution in [3.8, 4) is 33.4 Å². The smallest absolute Gasteiger partial charge is 0.145 e. The number of nitrogens with zero attached hydrogens (tertiary/aromatic N) is 2. The number of pyridine rings is 2. The first-order valence-electron chi connectivity index (χ1n) is 16.6. The summed E-state index contributed by atoms with van der Waals surface area (Å²) >= 11 is 17.5. The lowest BCUT2D eigenvalue weighted by Gasteiger charge is -2.15. The summed E-state index contributed by atoms with van der Waals surface area (Å²) in [6.07, 6.45) is 6.83. The van der Waals surface area contributed by atoms with Crippen molar-refractivity contribution >= 4 is 34.8 Å². The molecule has 6 aromatic rings. The molecule has 0 saturated carbocycles. The Kier molecular flexibility index (Phi) is 14.3. The fourth-order valence-corrected chi connectivity index (χ4v) is 6.31. The number of halogens is 6. The first kappa shape index (κ1) is 39.6. The van der Waals surface area contributed by atoms with Crippen LogP contribution in [0.1, 0.15) is 76.0 Å². The van der Waals surface area contributed by atoms with Crippen LogP contribution in [-0.4, -0.2) is 9.97 Å². The third-order valence-electron chi connectivity index (χ3n) is 8.18. The van der Waals surface area contributed by atoms with E-state index in [9.17, 15) is 13.2 Å².